The Bertz CT molecular complexity index is 742. The van der Waals surface area contributed by atoms with Crippen molar-refractivity contribution in [2.75, 3.05) is 25.1 Å². The minimum Gasteiger partial charge on any atom is -0.381 e. The number of rotatable bonds is 7. The van der Waals surface area contributed by atoms with Crippen LogP contribution in [0.5, 0.6) is 0 Å². The van der Waals surface area contributed by atoms with Crippen LogP contribution in [-0.4, -0.2) is 24.7 Å². The summed E-state index contributed by atoms with van der Waals surface area (Å²) in [7, 11) is 0. The van der Waals surface area contributed by atoms with Gasteiger partial charge in [0.15, 0.2) is 0 Å². The molecule has 2 aliphatic rings. The zero-order valence-electron chi connectivity index (χ0n) is 15.0. The molecule has 1 aliphatic carbocycles. The number of aromatic nitrogens is 1. The maximum Gasteiger partial charge on any atom is 0.130 e. The van der Waals surface area contributed by atoms with Crippen LogP contribution in [0.3, 0.4) is 0 Å². The van der Waals surface area contributed by atoms with Gasteiger partial charge in [-0.25, -0.2) is 4.98 Å². The van der Waals surface area contributed by atoms with Crippen molar-refractivity contribution < 1.29 is 4.74 Å². The Kier molecular flexibility index (Phi) is 5.88. The molecule has 2 aromatic rings. The van der Waals surface area contributed by atoms with E-state index in [1.807, 2.05) is 12.1 Å². The maximum absolute atomic E-state index is 5.44. The second-order valence-electron chi connectivity index (χ2n) is 7.34. The molecule has 4 nitrogen and oxygen atoms in total. The van der Waals surface area contributed by atoms with Crippen LogP contribution >= 0.6 is 15.9 Å². The summed E-state index contributed by atoms with van der Waals surface area (Å²) >= 11 is 3.52. The van der Waals surface area contributed by atoms with Gasteiger partial charge in [-0.15, -0.1) is 0 Å². The summed E-state index contributed by atoms with van der Waals surface area (Å²) < 4.78 is 6.51. The van der Waals surface area contributed by atoms with E-state index in [-0.39, 0.29) is 0 Å². The van der Waals surface area contributed by atoms with E-state index in [4.69, 9.17) is 9.72 Å². The fourth-order valence-corrected chi connectivity index (χ4v) is 3.91. The van der Waals surface area contributed by atoms with E-state index in [0.717, 1.165) is 48.2 Å². The minimum absolute atomic E-state index is 0.638. The monoisotopic (exact) mass is 415 g/mol. The Balaban J connectivity index is 1.40. The van der Waals surface area contributed by atoms with Gasteiger partial charge in [0.1, 0.15) is 5.82 Å². The van der Waals surface area contributed by atoms with Gasteiger partial charge >= 0.3 is 0 Å². The molecule has 0 spiro atoms. The topological polar surface area (TPSA) is 46.2 Å². The Morgan fingerprint density at radius 1 is 1.08 bits per heavy atom. The highest BCUT2D eigenvalue weighted by molar-refractivity contribution is 9.10. The number of nitrogens with zero attached hydrogens (tertiary/aromatic N) is 1. The van der Waals surface area contributed by atoms with Crippen LogP contribution in [0, 0.1) is 5.92 Å². The molecule has 2 fully saturated rings. The van der Waals surface area contributed by atoms with Crippen molar-refractivity contribution in [1.82, 2.24) is 10.3 Å². The zero-order valence-corrected chi connectivity index (χ0v) is 16.6. The van der Waals surface area contributed by atoms with Gasteiger partial charge in [-0.3, -0.25) is 0 Å². The molecule has 1 aromatic heterocycles. The molecule has 1 aliphatic heterocycles. The highest BCUT2D eigenvalue weighted by Gasteiger charge is 2.28. The van der Waals surface area contributed by atoms with Gasteiger partial charge in [-0.1, -0.05) is 28.1 Å². The van der Waals surface area contributed by atoms with Gasteiger partial charge in [0.2, 0.25) is 0 Å². The second kappa shape index (κ2) is 8.51. The molecule has 5 heteroatoms. The summed E-state index contributed by atoms with van der Waals surface area (Å²) in [6.45, 7) is 3.81. The Labute approximate surface area is 163 Å². The molecule has 2 heterocycles. The molecule has 0 unspecified atom stereocenters. The number of benzene rings is 1. The number of nitrogens with one attached hydrogen (secondary N) is 2. The van der Waals surface area contributed by atoms with Gasteiger partial charge in [-0.05, 0) is 68.0 Å². The summed E-state index contributed by atoms with van der Waals surface area (Å²) in [4.78, 5) is 4.94. The third kappa shape index (κ3) is 4.84. The fraction of sp³-hybridized carbons (Fsp3) is 0.476. The van der Waals surface area contributed by atoms with Crippen LogP contribution in [-0.2, 0) is 11.3 Å². The number of hydrogen-bond donors (Lipinski definition) is 2. The summed E-state index contributed by atoms with van der Waals surface area (Å²) in [6, 6.07) is 12.5. The molecule has 138 valence electrons. The van der Waals surface area contributed by atoms with E-state index in [1.165, 1.54) is 36.9 Å². The van der Waals surface area contributed by atoms with E-state index < -0.39 is 0 Å². The third-order valence-electron chi connectivity index (χ3n) is 5.16. The first-order valence-corrected chi connectivity index (χ1v) is 10.4. The predicted molar refractivity (Wildman–Crippen MR) is 109 cm³/mol. The first-order valence-electron chi connectivity index (χ1n) is 9.59. The highest BCUT2D eigenvalue weighted by atomic mass is 79.9. The van der Waals surface area contributed by atoms with Crippen LogP contribution in [0.4, 0.5) is 11.5 Å². The van der Waals surface area contributed by atoms with Gasteiger partial charge in [0, 0.05) is 35.8 Å². The molecular weight excluding hydrogens is 390 g/mol. The van der Waals surface area contributed by atoms with Crippen molar-refractivity contribution in [3.05, 3.63) is 52.1 Å². The predicted octanol–water partition coefficient (Wildman–Crippen LogP) is 4.98. The number of pyridine rings is 1. The molecule has 26 heavy (non-hydrogen) atoms. The second-order valence-corrected chi connectivity index (χ2v) is 8.25. The summed E-state index contributed by atoms with van der Waals surface area (Å²) in [5.74, 6) is 2.32. The van der Waals surface area contributed by atoms with Crippen LogP contribution in [0.2, 0.25) is 0 Å². The normalized spacial score (nSPS) is 18.0. The van der Waals surface area contributed by atoms with Gasteiger partial charge in [-0.2, -0.15) is 0 Å². The first-order chi connectivity index (χ1) is 12.8. The van der Waals surface area contributed by atoms with Crippen LogP contribution in [0.15, 0.2) is 40.9 Å². The zero-order chi connectivity index (χ0) is 17.8. The number of hydrogen-bond acceptors (Lipinski definition) is 4. The summed E-state index contributed by atoms with van der Waals surface area (Å²) in [6.07, 6.45) is 4.88. The van der Waals surface area contributed by atoms with Crippen LogP contribution in [0.1, 0.15) is 42.9 Å². The Hall–Kier alpha value is -1.43. The van der Waals surface area contributed by atoms with Crippen molar-refractivity contribution in [3.63, 3.8) is 0 Å². The summed E-state index contributed by atoms with van der Waals surface area (Å²) in [5.41, 5.74) is 3.67. The van der Waals surface area contributed by atoms with E-state index in [9.17, 15) is 0 Å². The molecular formula is C21H26BrN3O. The quantitative estimate of drug-likeness (QED) is 0.668. The van der Waals surface area contributed by atoms with Crippen LogP contribution < -0.4 is 10.6 Å². The smallest absolute Gasteiger partial charge is 0.130 e. The first kappa shape index (κ1) is 18.0. The van der Waals surface area contributed by atoms with E-state index in [0.29, 0.717) is 5.92 Å². The van der Waals surface area contributed by atoms with Gasteiger partial charge in [0.05, 0.1) is 5.69 Å². The largest absolute Gasteiger partial charge is 0.381 e. The molecule has 0 amide bonds. The highest BCUT2D eigenvalue weighted by Crippen LogP contribution is 2.41. The molecule has 4 rings (SSSR count). The fourth-order valence-electron chi connectivity index (χ4n) is 3.51. The third-order valence-corrected chi connectivity index (χ3v) is 5.66. The van der Waals surface area contributed by atoms with Gasteiger partial charge < -0.3 is 15.4 Å². The van der Waals surface area contributed by atoms with E-state index >= 15 is 0 Å². The SMILES string of the molecule is Brc1cccc(Nc2ccc(CNCC3CCOCC3)c(C3CC3)n2)c1. The lowest BCUT2D eigenvalue weighted by Crippen LogP contribution is -2.27. The lowest BCUT2D eigenvalue weighted by molar-refractivity contribution is 0.0662. The maximum atomic E-state index is 5.44. The van der Waals surface area contributed by atoms with Gasteiger partial charge in [0.25, 0.3) is 0 Å². The number of halogens is 1. The number of ether oxygens (including phenoxy) is 1. The minimum atomic E-state index is 0.638. The molecule has 0 atom stereocenters. The van der Waals surface area contributed by atoms with Crippen molar-refractivity contribution in [3.8, 4) is 0 Å². The summed E-state index contributed by atoms with van der Waals surface area (Å²) in [5, 5.41) is 7.08. The average molecular weight is 416 g/mol. The molecule has 2 N–H and O–H groups in total. The number of anilines is 2. The average Bonchev–Trinajstić information content (AvgIpc) is 3.49. The molecule has 1 aromatic carbocycles. The Morgan fingerprint density at radius 3 is 2.69 bits per heavy atom. The lowest BCUT2D eigenvalue weighted by Gasteiger charge is -2.22. The van der Waals surface area contributed by atoms with Crippen LogP contribution in [0.25, 0.3) is 0 Å². The molecule has 0 bridgehead atoms. The van der Waals surface area contributed by atoms with Crippen molar-refractivity contribution >= 4 is 27.4 Å². The molecule has 1 saturated carbocycles. The van der Waals surface area contributed by atoms with Crippen molar-refractivity contribution in [2.24, 2.45) is 5.92 Å². The standard InChI is InChI=1S/C21H26BrN3O/c22-18-2-1-3-19(12-18)24-20-7-6-17(21(25-20)16-4-5-16)14-23-13-15-8-10-26-11-9-15/h1-3,6-7,12,15-16,23H,4-5,8-11,13-14H2,(H,24,25). The van der Waals surface area contributed by atoms with E-state index in [1.54, 1.807) is 0 Å². The van der Waals surface area contributed by atoms with Crippen molar-refractivity contribution in [1.29, 1.82) is 0 Å². The van der Waals surface area contributed by atoms with Crippen molar-refractivity contribution in [2.45, 2.75) is 38.1 Å². The molecule has 1 saturated heterocycles. The Morgan fingerprint density at radius 2 is 1.92 bits per heavy atom. The van der Waals surface area contributed by atoms with E-state index in [2.05, 4.69) is 50.8 Å². The molecule has 0 radical (unpaired) electrons. The lowest BCUT2D eigenvalue weighted by atomic mass is 10.0.